The zero-order valence-corrected chi connectivity index (χ0v) is 18.1. The summed E-state index contributed by atoms with van der Waals surface area (Å²) in [5, 5.41) is 2.85. The third kappa shape index (κ3) is 4.56. The van der Waals surface area contributed by atoms with Crippen molar-refractivity contribution in [3.05, 3.63) is 23.8 Å². The van der Waals surface area contributed by atoms with Crippen LogP contribution in [0.2, 0.25) is 0 Å². The van der Waals surface area contributed by atoms with Crippen molar-refractivity contribution in [1.29, 1.82) is 0 Å². The Morgan fingerprint density at radius 3 is 2.44 bits per heavy atom. The Labute approximate surface area is 167 Å². The molecule has 0 aliphatic heterocycles. The second-order valence-corrected chi connectivity index (χ2v) is 9.34. The summed E-state index contributed by atoms with van der Waals surface area (Å²) >= 11 is 0. The molecule has 0 heterocycles. The van der Waals surface area contributed by atoms with Gasteiger partial charge in [0.1, 0.15) is 5.54 Å². The Balaban J connectivity index is 0.00000364. The van der Waals surface area contributed by atoms with Gasteiger partial charge in [-0.2, -0.15) is 0 Å². The molecule has 9 heteroatoms. The van der Waals surface area contributed by atoms with Crippen LogP contribution in [0.15, 0.2) is 18.2 Å². The van der Waals surface area contributed by atoms with Gasteiger partial charge in [-0.1, -0.05) is 13.8 Å². The molecule has 2 unspecified atom stereocenters. The molecule has 154 valence electrons. The van der Waals surface area contributed by atoms with E-state index in [0.717, 1.165) is 0 Å². The summed E-state index contributed by atoms with van der Waals surface area (Å²) in [5.41, 5.74) is 6.68. The number of hydrogen-bond acceptors (Lipinski definition) is 5. The smallest absolute Gasteiger partial charge is 0.245 e. The number of hydrogen-bond donors (Lipinski definition) is 3. The van der Waals surface area contributed by atoms with E-state index in [1.54, 1.807) is 32.0 Å². The number of ether oxygens (including phenoxy) is 1. The van der Waals surface area contributed by atoms with Crippen LogP contribution in [0.1, 0.15) is 39.7 Å². The van der Waals surface area contributed by atoms with E-state index in [1.807, 2.05) is 20.8 Å². The largest absolute Gasteiger partial charge is 0.378 e. The number of rotatable bonds is 7. The summed E-state index contributed by atoms with van der Waals surface area (Å²) in [4.78, 5) is 12.8. The van der Waals surface area contributed by atoms with E-state index in [9.17, 15) is 13.2 Å². The fourth-order valence-electron chi connectivity index (χ4n) is 3.16. The van der Waals surface area contributed by atoms with Crippen molar-refractivity contribution in [2.75, 3.05) is 22.4 Å². The minimum absolute atomic E-state index is 0. The highest BCUT2D eigenvalue weighted by Crippen LogP contribution is 2.50. The minimum Gasteiger partial charge on any atom is -0.378 e. The molecule has 1 fully saturated rings. The fourth-order valence-corrected chi connectivity index (χ4v) is 3.87. The summed E-state index contributed by atoms with van der Waals surface area (Å²) in [7, 11) is -3.35. The number of nitrogens with one attached hydrogen (secondary N) is 2. The molecule has 1 aromatic rings. The zero-order chi connectivity index (χ0) is 19.8. The van der Waals surface area contributed by atoms with Crippen LogP contribution in [0.5, 0.6) is 0 Å². The summed E-state index contributed by atoms with van der Waals surface area (Å²) < 4.78 is 31.6. The average molecular weight is 420 g/mol. The summed E-state index contributed by atoms with van der Waals surface area (Å²) in [6.07, 6.45) is 0.420. The highest BCUT2D eigenvalue weighted by Gasteiger charge is 2.62. The summed E-state index contributed by atoms with van der Waals surface area (Å²) in [5.74, 6) is -0.267. The molecule has 7 nitrogen and oxygen atoms in total. The van der Waals surface area contributed by atoms with Gasteiger partial charge in [0.25, 0.3) is 0 Å². The Hall–Kier alpha value is -1.35. The molecule has 1 saturated carbocycles. The lowest BCUT2D eigenvalue weighted by Gasteiger charge is -2.57. The SMILES string of the molecule is CCOC1CC(N)(C(=O)Nc2ccc(NS(=O)(=O)CC)c(C)c2)C1(C)C.Cl. The second-order valence-electron chi connectivity index (χ2n) is 7.33. The van der Waals surface area contributed by atoms with Gasteiger partial charge in [0, 0.05) is 24.1 Å². The van der Waals surface area contributed by atoms with Crippen molar-refractivity contribution >= 4 is 39.7 Å². The van der Waals surface area contributed by atoms with E-state index in [0.29, 0.717) is 30.0 Å². The van der Waals surface area contributed by atoms with Crippen LogP contribution < -0.4 is 15.8 Å². The number of halogens is 1. The molecular weight excluding hydrogens is 390 g/mol. The first-order valence-electron chi connectivity index (χ1n) is 8.80. The first-order valence-corrected chi connectivity index (χ1v) is 10.4. The molecule has 0 saturated heterocycles. The quantitative estimate of drug-likeness (QED) is 0.629. The molecule has 1 aliphatic rings. The topological polar surface area (TPSA) is 111 Å². The van der Waals surface area contributed by atoms with Gasteiger partial charge in [-0.05, 0) is 44.5 Å². The van der Waals surface area contributed by atoms with Crippen LogP contribution in [0.25, 0.3) is 0 Å². The first kappa shape index (κ1) is 23.7. The van der Waals surface area contributed by atoms with Gasteiger partial charge in [0.15, 0.2) is 0 Å². The van der Waals surface area contributed by atoms with Crippen molar-refractivity contribution in [3.63, 3.8) is 0 Å². The standard InChI is InChI=1S/C18H29N3O4S.ClH/c1-6-25-15-11-18(19,17(15,4)5)16(22)20-13-8-9-14(12(3)10-13)21-26(23,24)7-2;/h8-10,15,21H,6-7,11,19H2,1-5H3,(H,20,22);1H. The number of aryl methyl sites for hydroxylation is 1. The molecule has 2 atom stereocenters. The molecular formula is C18H30ClN3O4S. The normalized spacial score (nSPS) is 23.7. The third-order valence-electron chi connectivity index (χ3n) is 5.36. The Morgan fingerprint density at radius 2 is 1.96 bits per heavy atom. The van der Waals surface area contributed by atoms with E-state index >= 15 is 0 Å². The Bertz CT molecular complexity index is 798. The van der Waals surface area contributed by atoms with Crippen LogP contribution in [0, 0.1) is 12.3 Å². The average Bonchev–Trinajstić information content (AvgIpc) is 2.56. The van der Waals surface area contributed by atoms with Crippen LogP contribution in [0.4, 0.5) is 11.4 Å². The zero-order valence-electron chi connectivity index (χ0n) is 16.5. The van der Waals surface area contributed by atoms with Gasteiger partial charge in [0.2, 0.25) is 15.9 Å². The van der Waals surface area contributed by atoms with E-state index in [1.165, 1.54) is 0 Å². The lowest BCUT2D eigenvalue weighted by molar-refractivity contribution is -0.166. The Kier molecular flexibility index (Phi) is 7.32. The lowest BCUT2D eigenvalue weighted by atomic mass is 9.54. The predicted molar refractivity (Wildman–Crippen MR) is 111 cm³/mol. The van der Waals surface area contributed by atoms with Gasteiger partial charge in [-0.15, -0.1) is 12.4 Å². The predicted octanol–water partition coefficient (Wildman–Crippen LogP) is 2.65. The van der Waals surface area contributed by atoms with Crippen LogP contribution in [-0.4, -0.2) is 38.3 Å². The van der Waals surface area contributed by atoms with E-state index < -0.39 is 21.0 Å². The number of amides is 1. The van der Waals surface area contributed by atoms with Crippen LogP contribution >= 0.6 is 12.4 Å². The molecule has 2 rings (SSSR count). The van der Waals surface area contributed by atoms with Crippen molar-refractivity contribution < 1.29 is 17.9 Å². The van der Waals surface area contributed by atoms with Crippen molar-refractivity contribution in [2.45, 2.75) is 52.7 Å². The third-order valence-corrected chi connectivity index (χ3v) is 6.66. The summed E-state index contributed by atoms with van der Waals surface area (Å²) in [6, 6.07) is 5.02. The Morgan fingerprint density at radius 1 is 1.33 bits per heavy atom. The number of nitrogens with two attached hydrogens (primary N) is 1. The van der Waals surface area contributed by atoms with Gasteiger partial charge >= 0.3 is 0 Å². The molecule has 0 radical (unpaired) electrons. The monoisotopic (exact) mass is 419 g/mol. The van der Waals surface area contributed by atoms with E-state index in [4.69, 9.17) is 10.5 Å². The van der Waals surface area contributed by atoms with Gasteiger partial charge in [0.05, 0.1) is 17.5 Å². The first-order chi connectivity index (χ1) is 12.0. The molecule has 0 spiro atoms. The number of carbonyl (C=O) groups excluding carboxylic acids is 1. The minimum atomic E-state index is -3.35. The maximum absolute atomic E-state index is 12.8. The highest BCUT2D eigenvalue weighted by molar-refractivity contribution is 7.92. The highest BCUT2D eigenvalue weighted by atomic mass is 35.5. The molecule has 4 N–H and O–H groups in total. The van der Waals surface area contributed by atoms with E-state index in [-0.39, 0.29) is 30.2 Å². The molecule has 0 bridgehead atoms. The maximum atomic E-state index is 12.8. The fraction of sp³-hybridized carbons (Fsp3) is 0.611. The lowest BCUT2D eigenvalue weighted by Crippen LogP contribution is -2.74. The molecule has 27 heavy (non-hydrogen) atoms. The van der Waals surface area contributed by atoms with Gasteiger partial charge in [-0.3, -0.25) is 9.52 Å². The molecule has 1 aromatic carbocycles. The van der Waals surface area contributed by atoms with Gasteiger partial charge < -0.3 is 15.8 Å². The number of benzene rings is 1. The van der Waals surface area contributed by atoms with Crippen LogP contribution in [0.3, 0.4) is 0 Å². The van der Waals surface area contributed by atoms with Gasteiger partial charge in [-0.25, -0.2) is 8.42 Å². The van der Waals surface area contributed by atoms with E-state index in [2.05, 4.69) is 10.0 Å². The number of sulfonamides is 1. The van der Waals surface area contributed by atoms with Crippen molar-refractivity contribution in [1.82, 2.24) is 0 Å². The molecule has 1 amide bonds. The molecule has 1 aliphatic carbocycles. The van der Waals surface area contributed by atoms with Crippen molar-refractivity contribution in [2.24, 2.45) is 11.1 Å². The summed E-state index contributed by atoms with van der Waals surface area (Å²) in [6.45, 7) is 9.72. The number of carbonyl (C=O) groups is 1. The van der Waals surface area contributed by atoms with Crippen LogP contribution in [-0.2, 0) is 19.6 Å². The van der Waals surface area contributed by atoms with Crippen molar-refractivity contribution in [3.8, 4) is 0 Å². The molecule has 0 aromatic heterocycles. The second kappa shape index (κ2) is 8.34. The number of anilines is 2. The maximum Gasteiger partial charge on any atom is 0.245 e.